The Morgan fingerprint density at radius 2 is 1.74 bits per heavy atom. The van der Waals surface area contributed by atoms with Gasteiger partial charge in [0.05, 0.1) is 11.1 Å². The van der Waals surface area contributed by atoms with E-state index in [9.17, 15) is 31.5 Å². The summed E-state index contributed by atoms with van der Waals surface area (Å²) >= 11 is 0. The van der Waals surface area contributed by atoms with Gasteiger partial charge >= 0.3 is 6.18 Å². The van der Waals surface area contributed by atoms with Crippen LogP contribution in [-0.4, -0.2) is 18.9 Å². The lowest BCUT2D eigenvalue weighted by Gasteiger charge is -2.19. The molecule has 0 saturated heterocycles. The molecule has 6 nitrogen and oxygen atoms in total. The Kier molecular flexibility index (Phi) is 7.41. The Bertz CT molecular complexity index is 1400. The minimum atomic E-state index is -4.73. The van der Waals surface area contributed by atoms with E-state index in [0.717, 1.165) is 24.3 Å². The van der Waals surface area contributed by atoms with Gasteiger partial charge in [0.15, 0.2) is 0 Å². The van der Waals surface area contributed by atoms with E-state index in [1.165, 1.54) is 31.3 Å². The first-order valence-electron chi connectivity index (χ1n) is 11.7. The van der Waals surface area contributed by atoms with E-state index in [1.54, 1.807) is 6.92 Å². The van der Waals surface area contributed by atoms with Crippen molar-refractivity contribution >= 4 is 17.5 Å². The SMILES string of the molecule is CNC(C(N)=O)c1cc(NC(=O)c2cc(C(F)(F)F)c(C3CC3)cc2Oc2ccc(F)cc2C)ccc1F. The van der Waals surface area contributed by atoms with Crippen molar-refractivity contribution in [2.75, 3.05) is 12.4 Å². The van der Waals surface area contributed by atoms with Gasteiger partial charge in [0, 0.05) is 11.3 Å². The Labute approximate surface area is 215 Å². The maximum Gasteiger partial charge on any atom is 0.416 e. The number of ether oxygens (including phenoxy) is 1. The molecule has 4 rings (SSSR count). The third-order valence-electron chi connectivity index (χ3n) is 6.21. The molecular weight excluding hydrogens is 509 g/mol. The molecule has 0 spiro atoms. The van der Waals surface area contributed by atoms with Gasteiger partial charge in [-0.05, 0) is 92.4 Å². The van der Waals surface area contributed by atoms with Gasteiger partial charge in [0.25, 0.3) is 5.91 Å². The van der Waals surface area contributed by atoms with Crippen molar-refractivity contribution in [3.63, 3.8) is 0 Å². The third-order valence-corrected chi connectivity index (χ3v) is 6.21. The first kappa shape index (κ1) is 27.1. The van der Waals surface area contributed by atoms with Crippen LogP contribution in [0.4, 0.5) is 27.6 Å². The highest BCUT2D eigenvalue weighted by Gasteiger charge is 2.40. The Morgan fingerprint density at radius 3 is 2.32 bits per heavy atom. The molecule has 1 aliphatic carbocycles. The largest absolute Gasteiger partial charge is 0.456 e. The molecule has 4 N–H and O–H groups in total. The van der Waals surface area contributed by atoms with E-state index in [-0.39, 0.29) is 34.2 Å². The molecule has 0 heterocycles. The first-order valence-corrected chi connectivity index (χ1v) is 11.7. The summed E-state index contributed by atoms with van der Waals surface area (Å²) in [6.07, 6.45) is -3.61. The molecule has 3 aromatic carbocycles. The number of primary amides is 1. The number of hydrogen-bond donors (Lipinski definition) is 3. The fourth-order valence-electron chi connectivity index (χ4n) is 4.17. The normalized spacial score (nSPS) is 14.2. The van der Waals surface area contributed by atoms with Gasteiger partial charge in [-0.25, -0.2) is 8.78 Å². The molecule has 38 heavy (non-hydrogen) atoms. The lowest BCUT2D eigenvalue weighted by molar-refractivity contribution is -0.138. The summed E-state index contributed by atoms with van der Waals surface area (Å²) in [6.45, 7) is 1.56. The molecule has 1 unspecified atom stereocenters. The number of rotatable bonds is 8. The number of halogens is 5. The number of likely N-dealkylation sites (N-methyl/N-ethyl adjacent to an activating group) is 1. The first-order chi connectivity index (χ1) is 17.9. The predicted molar refractivity (Wildman–Crippen MR) is 130 cm³/mol. The van der Waals surface area contributed by atoms with Crippen LogP contribution < -0.4 is 21.1 Å². The number of hydrogen-bond acceptors (Lipinski definition) is 4. The fourth-order valence-corrected chi connectivity index (χ4v) is 4.17. The van der Waals surface area contributed by atoms with Crippen molar-refractivity contribution in [3.05, 3.63) is 88.0 Å². The molecular formula is C27H24F5N3O3. The number of nitrogens with one attached hydrogen (secondary N) is 2. The number of aryl methyl sites for hydroxylation is 1. The zero-order chi connectivity index (χ0) is 27.8. The van der Waals surface area contributed by atoms with Crippen LogP contribution in [0.1, 0.15) is 57.4 Å². The van der Waals surface area contributed by atoms with Crippen LogP contribution in [0.25, 0.3) is 0 Å². The lowest BCUT2D eigenvalue weighted by Crippen LogP contribution is -2.32. The van der Waals surface area contributed by atoms with Crippen LogP contribution >= 0.6 is 0 Å². The topological polar surface area (TPSA) is 93.5 Å². The minimum absolute atomic E-state index is 0.00574. The van der Waals surface area contributed by atoms with Crippen LogP contribution in [0.2, 0.25) is 0 Å². The molecule has 0 bridgehead atoms. The molecule has 1 aliphatic rings. The monoisotopic (exact) mass is 533 g/mol. The molecule has 0 aliphatic heterocycles. The summed E-state index contributed by atoms with van der Waals surface area (Å²) in [5.41, 5.74) is 4.14. The van der Waals surface area contributed by atoms with Crippen LogP contribution in [0.5, 0.6) is 11.5 Å². The molecule has 1 atom stereocenters. The van der Waals surface area contributed by atoms with Gasteiger partial charge in [-0.1, -0.05) is 0 Å². The van der Waals surface area contributed by atoms with E-state index in [4.69, 9.17) is 10.5 Å². The van der Waals surface area contributed by atoms with E-state index < -0.39 is 46.8 Å². The van der Waals surface area contributed by atoms with Gasteiger partial charge in [-0.3, -0.25) is 9.59 Å². The van der Waals surface area contributed by atoms with Gasteiger partial charge in [0.1, 0.15) is 29.2 Å². The average molecular weight is 533 g/mol. The third kappa shape index (κ3) is 5.77. The maximum atomic E-state index is 14.4. The van der Waals surface area contributed by atoms with Crippen LogP contribution in [0.15, 0.2) is 48.5 Å². The summed E-state index contributed by atoms with van der Waals surface area (Å²) < 4.78 is 75.7. The van der Waals surface area contributed by atoms with Gasteiger partial charge in [0.2, 0.25) is 5.91 Å². The summed E-state index contributed by atoms with van der Waals surface area (Å²) in [7, 11) is 1.39. The van der Waals surface area contributed by atoms with E-state index in [0.29, 0.717) is 18.4 Å². The van der Waals surface area contributed by atoms with Crippen LogP contribution in [0.3, 0.4) is 0 Å². The predicted octanol–water partition coefficient (Wildman–Crippen LogP) is 5.96. The Balaban J connectivity index is 1.77. The molecule has 200 valence electrons. The highest BCUT2D eigenvalue weighted by atomic mass is 19.4. The number of carbonyl (C=O) groups excluding carboxylic acids is 2. The minimum Gasteiger partial charge on any atom is -0.456 e. The number of nitrogens with two attached hydrogens (primary N) is 1. The van der Waals surface area contributed by atoms with Crippen LogP contribution in [0, 0.1) is 18.6 Å². The Hall–Kier alpha value is -3.99. The molecule has 3 aromatic rings. The van der Waals surface area contributed by atoms with Crippen LogP contribution in [-0.2, 0) is 11.0 Å². The number of anilines is 1. The number of amides is 2. The summed E-state index contributed by atoms with van der Waals surface area (Å²) in [4.78, 5) is 25.0. The molecule has 1 saturated carbocycles. The number of benzene rings is 3. The molecule has 0 aromatic heterocycles. The maximum absolute atomic E-state index is 14.4. The molecule has 1 fully saturated rings. The molecule has 2 amide bonds. The second-order valence-electron chi connectivity index (χ2n) is 9.03. The highest BCUT2D eigenvalue weighted by molar-refractivity contribution is 6.06. The second kappa shape index (κ2) is 10.4. The summed E-state index contributed by atoms with van der Waals surface area (Å²) in [5, 5.41) is 5.01. The fraction of sp³-hybridized carbons (Fsp3) is 0.259. The summed E-state index contributed by atoms with van der Waals surface area (Å²) in [6, 6.07) is 7.69. The van der Waals surface area contributed by atoms with Gasteiger partial charge < -0.3 is 21.1 Å². The smallest absolute Gasteiger partial charge is 0.416 e. The van der Waals surface area contributed by atoms with Crippen molar-refractivity contribution < 1.29 is 36.3 Å². The van der Waals surface area contributed by atoms with E-state index in [1.807, 2.05) is 0 Å². The van der Waals surface area contributed by atoms with E-state index >= 15 is 0 Å². The van der Waals surface area contributed by atoms with Crippen molar-refractivity contribution in [2.24, 2.45) is 5.73 Å². The van der Waals surface area contributed by atoms with Crippen molar-refractivity contribution in [3.8, 4) is 11.5 Å². The van der Waals surface area contributed by atoms with Crippen molar-refractivity contribution in [1.82, 2.24) is 5.32 Å². The lowest BCUT2D eigenvalue weighted by atomic mass is 9.98. The molecule has 11 heteroatoms. The zero-order valence-corrected chi connectivity index (χ0v) is 20.4. The van der Waals surface area contributed by atoms with Crippen molar-refractivity contribution in [1.29, 1.82) is 0 Å². The summed E-state index contributed by atoms with van der Waals surface area (Å²) in [5.74, 6) is -3.46. The number of carbonyl (C=O) groups is 2. The Morgan fingerprint density at radius 1 is 1.03 bits per heavy atom. The standard InChI is InChI=1S/C27H24F5N3O3/c1-13-9-15(28)5-8-22(13)38-23-12-17(14-3-4-14)20(27(30,31)32)11-19(23)26(37)35-16-6-7-21(29)18(10-16)24(34-2)25(33)36/h5-12,14,24,34H,3-4H2,1-2H3,(H2,33,36)(H,35,37). The highest BCUT2D eigenvalue weighted by Crippen LogP contribution is 2.48. The second-order valence-corrected chi connectivity index (χ2v) is 9.03. The average Bonchev–Trinajstić information content (AvgIpc) is 3.67. The molecule has 0 radical (unpaired) electrons. The van der Waals surface area contributed by atoms with Crippen molar-refractivity contribution in [2.45, 2.75) is 37.9 Å². The quantitative estimate of drug-likeness (QED) is 0.312. The van der Waals surface area contributed by atoms with E-state index in [2.05, 4.69) is 10.6 Å². The number of alkyl halides is 3. The zero-order valence-electron chi connectivity index (χ0n) is 20.4. The van der Waals surface area contributed by atoms with Gasteiger partial charge in [-0.2, -0.15) is 13.2 Å². The van der Waals surface area contributed by atoms with Gasteiger partial charge in [-0.15, -0.1) is 0 Å².